The minimum atomic E-state index is -0.693. The molecular formula is C15H22ClNO3. The molecule has 0 fully saturated rings. The molecule has 112 valence electrons. The van der Waals surface area contributed by atoms with E-state index in [9.17, 15) is 9.90 Å². The van der Waals surface area contributed by atoms with Gasteiger partial charge in [0.25, 0.3) is 0 Å². The van der Waals surface area contributed by atoms with Crippen LogP contribution in [0.3, 0.4) is 0 Å². The summed E-state index contributed by atoms with van der Waals surface area (Å²) in [4.78, 5) is 12.3. The standard InChI is InChI=1S/C15H22ClNO3/c1-10(2)14(11-4-6-12(16)7-5-11)15(19)17-8-13(18)9-20-3/h4-7,10,13-14,18H,8-9H2,1-3H3,(H,17,19). The number of benzene rings is 1. The highest BCUT2D eigenvalue weighted by atomic mass is 35.5. The molecule has 1 amide bonds. The van der Waals surface area contributed by atoms with Crippen LogP contribution in [0.2, 0.25) is 5.02 Å². The minimum Gasteiger partial charge on any atom is -0.389 e. The molecule has 5 heteroatoms. The van der Waals surface area contributed by atoms with Gasteiger partial charge in [-0.25, -0.2) is 0 Å². The van der Waals surface area contributed by atoms with Gasteiger partial charge >= 0.3 is 0 Å². The van der Waals surface area contributed by atoms with E-state index in [2.05, 4.69) is 5.32 Å². The molecule has 0 aliphatic carbocycles. The number of amides is 1. The smallest absolute Gasteiger partial charge is 0.227 e. The number of rotatable bonds is 7. The number of nitrogens with one attached hydrogen (secondary N) is 1. The van der Waals surface area contributed by atoms with Gasteiger partial charge in [0.15, 0.2) is 0 Å². The normalized spacial score (nSPS) is 14.1. The van der Waals surface area contributed by atoms with Crippen molar-refractivity contribution in [2.45, 2.75) is 25.9 Å². The Bertz CT molecular complexity index is 420. The van der Waals surface area contributed by atoms with Crippen LogP contribution in [0.25, 0.3) is 0 Å². The summed E-state index contributed by atoms with van der Waals surface area (Å²) in [5.41, 5.74) is 0.920. The van der Waals surface area contributed by atoms with Gasteiger partial charge < -0.3 is 15.2 Å². The molecule has 0 aromatic heterocycles. The van der Waals surface area contributed by atoms with Crippen molar-refractivity contribution in [2.75, 3.05) is 20.3 Å². The minimum absolute atomic E-state index is 0.0996. The van der Waals surface area contributed by atoms with Gasteiger partial charge in [-0.1, -0.05) is 37.6 Å². The Kier molecular flexibility index (Phi) is 6.99. The lowest BCUT2D eigenvalue weighted by Crippen LogP contribution is -2.38. The van der Waals surface area contributed by atoms with E-state index in [4.69, 9.17) is 16.3 Å². The average Bonchev–Trinajstić information content (AvgIpc) is 2.39. The molecule has 20 heavy (non-hydrogen) atoms. The largest absolute Gasteiger partial charge is 0.389 e. The van der Waals surface area contributed by atoms with Crippen molar-refractivity contribution in [3.8, 4) is 0 Å². The molecule has 0 bridgehead atoms. The highest BCUT2D eigenvalue weighted by Gasteiger charge is 2.24. The molecule has 2 unspecified atom stereocenters. The molecule has 1 aromatic carbocycles. The van der Waals surface area contributed by atoms with Crippen LogP contribution in [0.5, 0.6) is 0 Å². The molecule has 1 rings (SSSR count). The number of carbonyl (C=O) groups is 1. The maximum Gasteiger partial charge on any atom is 0.227 e. The highest BCUT2D eigenvalue weighted by molar-refractivity contribution is 6.30. The van der Waals surface area contributed by atoms with Crippen molar-refractivity contribution in [2.24, 2.45) is 5.92 Å². The van der Waals surface area contributed by atoms with E-state index in [0.717, 1.165) is 5.56 Å². The summed E-state index contributed by atoms with van der Waals surface area (Å²) in [6, 6.07) is 7.27. The molecule has 4 nitrogen and oxygen atoms in total. The van der Waals surface area contributed by atoms with Crippen molar-refractivity contribution < 1.29 is 14.6 Å². The summed E-state index contributed by atoms with van der Waals surface area (Å²) >= 11 is 5.87. The second-order valence-corrected chi connectivity index (χ2v) is 5.56. The predicted molar refractivity (Wildman–Crippen MR) is 79.9 cm³/mol. The Morgan fingerprint density at radius 2 is 1.95 bits per heavy atom. The van der Waals surface area contributed by atoms with Crippen LogP contribution >= 0.6 is 11.6 Å². The monoisotopic (exact) mass is 299 g/mol. The van der Waals surface area contributed by atoms with Crippen molar-refractivity contribution >= 4 is 17.5 Å². The van der Waals surface area contributed by atoms with Crippen molar-refractivity contribution in [1.29, 1.82) is 0 Å². The van der Waals surface area contributed by atoms with Gasteiger partial charge in [0.05, 0.1) is 18.6 Å². The quantitative estimate of drug-likeness (QED) is 0.811. The maximum absolute atomic E-state index is 12.3. The second kappa shape index (κ2) is 8.25. The van der Waals surface area contributed by atoms with E-state index < -0.39 is 6.10 Å². The third-order valence-corrected chi connectivity index (χ3v) is 3.30. The molecule has 0 saturated carbocycles. The zero-order valence-corrected chi connectivity index (χ0v) is 12.9. The molecule has 1 aromatic rings. The van der Waals surface area contributed by atoms with Gasteiger partial charge in [0.2, 0.25) is 5.91 Å². The lowest BCUT2D eigenvalue weighted by atomic mass is 9.87. The first-order valence-electron chi connectivity index (χ1n) is 6.66. The number of ether oxygens (including phenoxy) is 1. The summed E-state index contributed by atoms with van der Waals surface area (Å²) in [5.74, 6) is -0.213. The van der Waals surface area contributed by atoms with Gasteiger partial charge in [-0.2, -0.15) is 0 Å². The van der Waals surface area contributed by atoms with Crippen LogP contribution in [-0.2, 0) is 9.53 Å². The van der Waals surface area contributed by atoms with Gasteiger partial charge in [0.1, 0.15) is 0 Å². The first-order chi connectivity index (χ1) is 9.45. The van der Waals surface area contributed by atoms with Gasteiger partial charge in [-0.05, 0) is 23.6 Å². The Morgan fingerprint density at radius 1 is 1.35 bits per heavy atom. The Morgan fingerprint density at radius 3 is 2.45 bits per heavy atom. The van der Waals surface area contributed by atoms with E-state index in [1.54, 1.807) is 12.1 Å². The average molecular weight is 300 g/mol. The van der Waals surface area contributed by atoms with Crippen LogP contribution < -0.4 is 5.32 Å². The fourth-order valence-corrected chi connectivity index (χ4v) is 2.21. The van der Waals surface area contributed by atoms with Gasteiger partial charge in [0, 0.05) is 18.7 Å². The Balaban J connectivity index is 2.71. The first kappa shape index (κ1) is 17.0. The predicted octanol–water partition coefficient (Wildman–Crippen LogP) is 2.20. The summed E-state index contributed by atoms with van der Waals surface area (Å²) in [6.07, 6.45) is -0.693. The first-order valence-corrected chi connectivity index (χ1v) is 7.03. The second-order valence-electron chi connectivity index (χ2n) is 5.13. The summed E-state index contributed by atoms with van der Waals surface area (Å²) in [6.45, 7) is 4.37. The fraction of sp³-hybridized carbons (Fsp3) is 0.533. The zero-order chi connectivity index (χ0) is 15.1. The number of methoxy groups -OCH3 is 1. The number of hydrogen-bond acceptors (Lipinski definition) is 3. The van der Waals surface area contributed by atoms with Gasteiger partial charge in [-0.15, -0.1) is 0 Å². The third-order valence-electron chi connectivity index (χ3n) is 3.05. The molecule has 0 saturated heterocycles. The molecular weight excluding hydrogens is 278 g/mol. The van der Waals surface area contributed by atoms with Crippen molar-refractivity contribution in [3.63, 3.8) is 0 Å². The lowest BCUT2D eigenvalue weighted by Gasteiger charge is -2.21. The number of aliphatic hydroxyl groups excluding tert-OH is 1. The number of halogens is 1. The van der Waals surface area contributed by atoms with Crippen LogP contribution in [0.1, 0.15) is 25.3 Å². The molecule has 0 aliphatic heterocycles. The summed E-state index contributed by atoms with van der Waals surface area (Å²) in [7, 11) is 1.51. The highest BCUT2D eigenvalue weighted by Crippen LogP contribution is 2.25. The number of hydrogen-bond donors (Lipinski definition) is 2. The SMILES string of the molecule is COCC(O)CNC(=O)C(c1ccc(Cl)cc1)C(C)C. The number of carbonyl (C=O) groups excluding carboxylic acids is 1. The van der Waals surface area contributed by atoms with E-state index in [1.165, 1.54) is 7.11 Å². The molecule has 0 radical (unpaired) electrons. The summed E-state index contributed by atoms with van der Waals surface area (Å²) < 4.78 is 4.83. The molecule has 0 spiro atoms. The van der Waals surface area contributed by atoms with Crippen molar-refractivity contribution in [1.82, 2.24) is 5.32 Å². The molecule has 2 N–H and O–H groups in total. The van der Waals surface area contributed by atoms with Crippen LogP contribution in [0.4, 0.5) is 0 Å². The Hall–Kier alpha value is -1.10. The van der Waals surface area contributed by atoms with E-state index >= 15 is 0 Å². The molecule has 0 aliphatic rings. The number of aliphatic hydroxyl groups is 1. The summed E-state index contributed by atoms with van der Waals surface area (Å²) in [5, 5.41) is 13.0. The lowest BCUT2D eigenvalue weighted by molar-refractivity contribution is -0.124. The van der Waals surface area contributed by atoms with Crippen molar-refractivity contribution in [3.05, 3.63) is 34.9 Å². The third kappa shape index (κ3) is 5.12. The van der Waals surface area contributed by atoms with Crippen LogP contribution in [0.15, 0.2) is 24.3 Å². The topological polar surface area (TPSA) is 58.6 Å². The maximum atomic E-state index is 12.3. The van der Waals surface area contributed by atoms with E-state index in [-0.39, 0.29) is 30.9 Å². The van der Waals surface area contributed by atoms with E-state index in [0.29, 0.717) is 5.02 Å². The van der Waals surface area contributed by atoms with E-state index in [1.807, 2.05) is 26.0 Å². The molecule has 0 heterocycles. The zero-order valence-electron chi connectivity index (χ0n) is 12.1. The van der Waals surface area contributed by atoms with Gasteiger partial charge in [-0.3, -0.25) is 4.79 Å². The Labute approximate surface area is 125 Å². The fourth-order valence-electron chi connectivity index (χ4n) is 2.09. The molecule has 2 atom stereocenters. The van der Waals surface area contributed by atoms with Crippen LogP contribution in [0, 0.1) is 5.92 Å². The van der Waals surface area contributed by atoms with Crippen LogP contribution in [-0.4, -0.2) is 37.4 Å².